The first kappa shape index (κ1) is 16.8. The molecule has 3 heterocycles. The van der Waals surface area contributed by atoms with E-state index >= 15 is 0 Å². The minimum Gasteiger partial charge on any atom is -0.497 e. The number of methoxy groups -OCH3 is 1. The van der Waals surface area contributed by atoms with Crippen molar-refractivity contribution in [3.8, 4) is 17.0 Å². The maximum absolute atomic E-state index is 5.25. The molecule has 0 atom stereocenters. The van der Waals surface area contributed by atoms with Crippen LogP contribution in [0.25, 0.3) is 16.9 Å². The normalized spacial score (nSPS) is 15.6. The van der Waals surface area contributed by atoms with Gasteiger partial charge in [-0.25, -0.2) is 4.98 Å². The van der Waals surface area contributed by atoms with Crippen LogP contribution in [-0.2, 0) is 0 Å². The van der Waals surface area contributed by atoms with Gasteiger partial charge in [-0.1, -0.05) is 0 Å². The van der Waals surface area contributed by atoms with Crippen molar-refractivity contribution in [2.45, 2.75) is 13.8 Å². The van der Waals surface area contributed by atoms with Gasteiger partial charge in [0.1, 0.15) is 11.6 Å². The highest BCUT2D eigenvalue weighted by molar-refractivity contribution is 5.67. The van der Waals surface area contributed by atoms with E-state index in [1.807, 2.05) is 28.8 Å². The molecule has 3 aromatic rings. The number of piperazine rings is 1. The van der Waals surface area contributed by atoms with Gasteiger partial charge < -0.3 is 14.5 Å². The number of ether oxygens (including phenoxy) is 1. The minimum absolute atomic E-state index is 0.848. The molecule has 0 aliphatic carbocycles. The van der Waals surface area contributed by atoms with Crippen LogP contribution >= 0.6 is 0 Å². The number of benzene rings is 1. The van der Waals surface area contributed by atoms with Gasteiger partial charge in [-0.3, -0.25) is 0 Å². The maximum atomic E-state index is 5.25. The SMILES string of the molecule is COc1ccc(-c2cc3nc(C)c(C)c(N4CCN(C)CC4)n3n2)cc1. The lowest BCUT2D eigenvalue weighted by Crippen LogP contribution is -2.45. The number of nitrogens with zero attached hydrogens (tertiary/aromatic N) is 5. The van der Waals surface area contributed by atoms with Gasteiger partial charge in [0.25, 0.3) is 0 Å². The summed E-state index contributed by atoms with van der Waals surface area (Å²) < 4.78 is 7.26. The van der Waals surface area contributed by atoms with E-state index in [-0.39, 0.29) is 0 Å². The van der Waals surface area contributed by atoms with Gasteiger partial charge >= 0.3 is 0 Å². The second kappa shape index (κ2) is 6.61. The fourth-order valence-electron chi connectivity index (χ4n) is 3.48. The lowest BCUT2D eigenvalue weighted by atomic mass is 10.1. The Morgan fingerprint density at radius 2 is 1.69 bits per heavy atom. The fraction of sp³-hybridized carbons (Fsp3) is 0.400. The van der Waals surface area contributed by atoms with E-state index in [9.17, 15) is 0 Å². The average molecular weight is 351 g/mol. The monoisotopic (exact) mass is 351 g/mol. The molecule has 0 radical (unpaired) electrons. The number of likely N-dealkylation sites (N-methyl/N-ethyl adjacent to an activating group) is 1. The number of hydrogen-bond acceptors (Lipinski definition) is 5. The smallest absolute Gasteiger partial charge is 0.158 e. The van der Waals surface area contributed by atoms with Crippen LogP contribution in [0.4, 0.5) is 5.82 Å². The predicted molar refractivity (Wildman–Crippen MR) is 104 cm³/mol. The first-order valence-electron chi connectivity index (χ1n) is 9.01. The van der Waals surface area contributed by atoms with Crippen LogP contribution in [0.3, 0.4) is 0 Å². The van der Waals surface area contributed by atoms with Crippen molar-refractivity contribution in [3.05, 3.63) is 41.6 Å². The third-order valence-corrected chi connectivity index (χ3v) is 5.24. The summed E-state index contributed by atoms with van der Waals surface area (Å²) in [6.07, 6.45) is 0. The summed E-state index contributed by atoms with van der Waals surface area (Å²) in [5.74, 6) is 2.01. The Labute approximate surface area is 154 Å². The first-order chi connectivity index (χ1) is 12.6. The Hall–Kier alpha value is -2.60. The molecule has 4 rings (SSSR count). The highest BCUT2D eigenvalue weighted by atomic mass is 16.5. The summed E-state index contributed by atoms with van der Waals surface area (Å²) in [6.45, 7) is 8.37. The second-order valence-corrected chi connectivity index (χ2v) is 6.96. The number of rotatable bonds is 3. The zero-order valence-electron chi connectivity index (χ0n) is 15.9. The molecule has 1 saturated heterocycles. The average Bonchev–Trinajstić information content (AvgIpc) is 3.07. The molecule has 0 bridgehead atoms. The van der Waals surface area contributed by atoms with Gasteiger partial charge in [-0.05, 0) is 45.2 Å². The van der Waals surface area contributed by atoms with Gasteiger partial charge in [-0.2, -0.15) is 9.61 Å². The number of hydrogen-bond donors (Lipinski definition) is 0. The molecular weight excluding hydrogens is 326 g/mol. The number of aromatic nitrogens is 3. The molecule has 1 aromatic carbocycles. The molecule has 0 N–H and O–H groups in total. The number of aryl methyl sites for hydroxylation is 1. The van der Waals surface area contributed by atoms with Crippen LogP contribution < -0.4 is 9.64 Å². The van der Waals surface area contributed by atoms with Crippen LogP contribution in [0.5, 0.6) is 5.75 Å². The second-order valence-electron chi connectivity index (χ2n) is 6.96. The van der Waals surface area contributed by atoms with E-state index in [0.29, 0.717) is 0 Å². The largest absolute Gasteiger partial charge is 0.497 e. The van der Waals surface area contributed by atoms with Crippen molar-refractivity contribution in [3.63, 3.8) is 0 Å². The molecule has 1 aliphatic heterocycles. The summed E-state index contributed by atoms with van der Waals surface area (Å²) in [6, 6.07) is 10.1. The molecule has 26 heavy (non-hydrogen) atoms. The quantitative estimate of drug-likeness (QED) is 0.726. The Morgan fingerprint density at radius 3 is 2.35 bits per heavy atom. The van der Waals surface area contributed by atoms with Crippen LogP contribution in [-0.4, -0.2) is 59.8 Å². The molecule has 0 spiro atoms. The fourth-order valence-corrected chi connectivity index (χ4v) is 3.48. The molecule has 0 unspecified atom stereocenters. The molecular formula is C20H25N5O. The van der Waals surface area contributed by atoms with Crippen LogP contribution in [0.1, 0.15) is 11.3 Å². The standard InChI is InChI=1S/C20H25N5O/c1-14-15(2)21-19-13-18(16-5-7-17(26-4)8-6-16)22-25(19)20(14)24-11-9-23(3)10-12-24/h5-8,13H,9-12H2,1-4H3. The highest BCUT2D eigenvalue weighted by Gasteiger charge is 2.21. The summed E-state index contributed by atoms with van der Waals surface area (Å²) in [7, 11) is 3.85. The first-order valence-corrected chi connectivity index (χ1v) is 9.01. The number of fused-ring (bicyclic) bond motifs is 1. The van der Waals surface area contributed by atoms with Gasteiger partial charge in [0, 0.05) is 49.1 Å². The summed E-state index contributed by atoms with van der Waals surface area (Å²) >= 11 is 0. The van der Waals surface area contributed by atoms with Gasteiger partial charge in [-0.15, -0.1) is 0 Å². The molecule has 0 amide bonds. The molecule has 6 nitrogen and oxygen atoms in total. The van der Waals surface area contributed by atoms with Gasteiger partial charge in [0.2, 0.25) is 0 Å². The van der Waals surface area contributed by atoms with E-state index in [4.69, 9.17) is 14.8 Å². The molecule has 0 saturated carbocycles. The molecule has 1 fully saturated rings. The van der Waals surface area contributed by atoms with Crippen molar-refractivity contribution in [2.75, 3.05) is 45.2 Å². The van der Waals surface area contributed by atoms with Crippen molar-refractivity contribution in [1.29, 1.82) is 0 Å². The summed E-state index contributed by atoms with van der Waals surface area (Å²) in [5, 5.41) is 4.89. The van der Waals surface area contributed by atoms with Crippen molar-refractivity contribution >= 4 is 11.5 Å². The van der Waals surface area contributed by atoms with E-state index in [2.05, 4.69) is 36.8 Å². The molecule has 136 valence electrons. The predicted octanol–water partition coefficient (Wildman–Crippen LogP) is 2.77. The van der Waals surface area contributed by atoms with Crippen molar-refractivity contribution in [2.24, 2.45) is 0 Å². The van der Waals surface area contributed by atoms with E-state index < -0.39 is 0 Å². The zero-order chi connectivity index (χ0) is 18.3. The Kier molecular flexibility index (Phi) is 4.28. The van der Waals surface area contributed by atoms with Crippen molar-refractivity contribution < 1.29 is 4.74 Å². The van der Waals surface area contributed by atoms with E-state index in [0.717, 1.165) is 54.5 Å². The third-order valence-electron chi connectivity index (χ3n) is 5.24. The van der Waals surface area contributed by atoms with Crippen LogP contribution in [0.2, 0.25) is 0 Å². The lowest BCUT2D eigenvalue weighted by molar-refractivity contribution is 0.311. The molecule has 6 heteroatoms. The molecule has 1 aliphatic rings. The summed E-state index contributed by atoms with van der Waals surface area (Å²) in [4.78, 5) is 9.56. The van der Waals surface area contributed by atoms with Gasteiger partial charge in [0.05, 0.1) is 12.8 Å². The van der Waals surface area contributed by atoms with Crippen LogP contribution in [0.15, 0.2) is 30.3 Å². The Bertz CT molecular complexity index is 924. The topological polar surface area (TPSA) is 45.9 Å². The third kappa shape index (κ3) is 2.90. The minimum atomic E-state index is 0.848. The van der Waals surface area contributed by atoms with Gasteiger partial charge in [0.15, 0.2) is 5.65 Å². The van der Waals surface area contributed by atoms with Crippen molar-refractivity contribution in [1.82, 2.24) is 19.5 Å². The molecule has 2 aromatic heterocycles. The lowest BCUT2D eigenvalue weighted by Gasteiger charge is -2.35. The van der Waals surface area contributed by atoms with Crippen LogP contribution in [0, 0.1) is 13.8 Å². The Balaban J connectivity index is 1.80. The highest BCUT2D eigenvalue weighted by Crippen LogP contribution is 2.28. The maximum Gasteiger partial charge on any atom is 0.158 e. The van der Waals surface area contributed by atoms with E-state index in [1.165, 1.54) is 11.4 Å². The van der Waals surface area contributed by atoms with E-state index in [1.54, 1.807) is 7.11 Å². The Morgan fingerprint density at radius 1 is 1.00 bits per heavy atom. The zero-order valence-corrected chi connectivity index (χ0v) is 15.9. The number of anilines is 1. The summed E-state index contributed by atoms with van der Waals surface area (Å²) in [5.41, 5.74) is 5.16.